The van der Waals surface area contributed by atoms with Crippen molar-refractivity contribution in [3.8, 4) is 5.75 Å². The highest BCUT2D eigenvalue weighted by atomic mass is 35.7. The van der Waals surface area contributed by atoms with Crippen molar-refractivity contribution in [3.63, 3.8) is 0 Å². The Morgan fingerprint density at radius 3 is 2.77 bits per heavy atom. The lowest BCUT2D eigenvalue weighted by molar-refractivity contribution is -0.128. The van der Waals surface area contributed by atoms with Crippen LogP contribution in [0.4, 0.5) is 8.78 Å². The maximum absolute atomic E-state index is 12.2. The first-order valence-corrected chi connectivity index (χ1v) is 8.94. The average molecular weight is 354 g/mol. The molecule has 0 saturated carbocycles. The van der Waals surface area contributed by atoms with Crippen LogP contribution < -0.4 is 4.74 Å². The second kappa shape index (κ2) is 6.78. The molecule has 1 unspecified atom stereocenters. The molecule has 22 heavy (non-hydrogen) atoms. The van der Waals surface area contributed by atoms with Crippen LogP contribution in [-0.4, -0.2) is 38.1 Å². The summed E-state index contributed by atoms with van der Waals surface area (Å²) >= 11 is 0. The summed E-state index contributed by atoms with van der Waals surface area (Å²) in [6.45, 7) is -2.44. The Morgan fingerprint density at radius 2 is 2.14 bits per heavy atom. The number of nitrogens with zero attached hydrogens (tertiary/aromatic N) is 1. The summed E-state index contributed by atoms with van der Waals surface area (Å²) in [4.78, 5) is 13.4. The topological polar surface area (TPSA) is 63.7 Å². The summed E-state index contributed by atoms with van der Waals surface area (Å²) in [6.07, 6.45) is 0.110. The molecule has 1 saturated heterocycles. The first-order chi connectivity index (χ1) is 10.2. The summed E-state index contributed by atoms with van der Waals surface area (Å²) in [6, 6.07) is 6.04. The third-order valence-electron chi connectivity index (χ3n) is 3.23. The number of benzene rings is 1. The molecule has 1 amide bonds. The number of amides is 1. The number of ether oxygens (including phenoxy) is 1. The molecule has 1 aliphatic heterocycles. The van der Waals surface area contributed by atoms with Gasteiger partial charge in [-0.2, -0.15) is 8.78 Å². The highest BCUT2D eigenvalue weighted by Gasteiger charge is 2.32. The highest BCUT2D eigenvalue weighted by molar-refractivity contribution is 8.13. The predicted octanol–water partition coefficient (Wildman–Crippen LogP) is 2.21. The van der Waals surface area contributed by atoms with E-state index in [1.807, 2.05) is 0 Å². The van der Waals surface area contributed by atoms with Gasteiger partial charge in [0.1, 0.15) is 5.75 Å². The minimum Gasteiger partial charge on any atom is -0.435 e. The Hall–Kier alpha value is -1.41. The molecule has 1 heterocycles. The summed E-state index contributed by atoms with van der Waals surface area (Å²) in [5, 5.41) is 0. The van der Waals surface area contributed by atoms with Crippen molar-refractivity contribution in [1.29, 1.82) is 0 Å². The summed E-state index contributed by atoms with van der Waals surface area (Å²) in [5.74, 6) is -0.786. The number of hydrogen-bond donors (Lipinski definition) is 0. The smallest absolute Gasteiger partial charge is 0.387 e. The van der Waals surface area contributed by atoms with E-state index >= 15 is 0 Å². The van der Waals surface area contributed by atoms with Gasteiger partial charge in [-0.05, 0) is 17.7 Å². The van der Waals surface area contributed by atoms with Crippen LogP contribution in [0.2, 0.25) is 0 Å². The number of rotatable bonds is 6. The van der Waals surface area contributed by atoms with Gasteiger partial charge >= 0.3 is 6.61 Å². The number of halogens is 3. The zero-order chi connectivity index (χ0) is 16.3. The Labute approximate surface area is 131 Å². The van der Waals surface area contributed by atoms with Crippen molar-refractivity contribution < 1.29 is 26.7 Å². The van der Waals surface area contributed by atoms with E-state index in [0.29, 0.717) is 5.56 Å². The van der Waals surface area contributed by atoms with Gasteiger partial charge in [0, 0.05) is 36.1 Å². The van der Waals surface area contributed by atoms with Gasteiger partial charge in [0.25, 0.3) is 0 Å². The van der Waals surface area contributed by atoms with E-state index in [0.717, 1.165) is 0 Å². The fraction of sp³-hybridized carbons (Fsp3) is 0.462. The summed E-state index contributed by atoms with van der Waals surface area (Å²) in [7, 11) is 1.54. The molecular weight excluding hydrogens is 340 g/mol. The minimum absolute atomic E-state index is 0.0130. The monoisotopic (exact) mass is 353 g/mol. The van der Waals surface area contributed by atoms with E-state index in [9.17, 15) is 22.0 Å². The largest absolute Gasteiger partial charge is 0.435 e. The maximum Gasteiger partial charge on any atom is 0.387 e. The number of alkyl halides is 2. The van der Waals surface area contributed by atoms with Crippen molar-refractivity contribution in [2.24, 2.45) is 5.92 Å². The van der Waals surface area contributed by atoms with E-state index in [1.54, 1.807) is 12.1 Å². The van der Waals surface area contributed by atoms with Crippen LogP contribution in [-0.2, 0) is 20.4 Å². The number of carbonyl (C=O) groups excluding carboxylic acids is 1. The lowest BCUT2D eigenvalue weighted by Gasteiger charge is -2.17. The van der Waals surface area contributed by atoms with E-state index in [2.05, 4.69) is 4.74 Å². The first-order valence-electron chi connectivity index (χ1n) is 6.47. The lowest BCUT2D eigenvalue weighted by Crippen LogP contribution is -2.25. The molecule has 1 atom stereocenters. The van der Waals surface area contributed by atoms with Gasteiger partial charge in [-0.3, -0.25) is 4.79 Å². The van der Waals surface area contributed by atoms with Gasteiger partial charge in [0.15, 0.2) is 0 Å². The van der Waals surface area contributed by atoms with Crippen LogP contribution in [0.3, 0.4) is 0 Å². The minimum atomic E-state index is -3.66. The molecule has 0 aliphatic carbocycles. The van der Waals surface area contributed by atoms with Crippen molar-refractivity contribution in [2.75, 3.05) is 12.3 Å². The SMILES string of the molecule is O=C1CC(CS(=O)(=O)Cl)CN1Cc1cccc(OC(F)F)c1. The van der Waals surface area contributed by atoms with Crippen LogP contribution in [0.5, 0.6) is 5.75 Å². The normalized spacial score (nSPS) is 19.0. The third kappa shape index (κ3) is 5.10. The molecule has 9 heteroatoms. The van der Waals surface area contributed by atoms with E-state index in [1.165, 1.54) is 17.0 Å². The summed E-state index contributed by atoms with van der Waals surface area (Å²) < 4.78 is 50.8. The Bertz CT molecular complexity index is 653. The van der Waals surface area contributed by atoms with Gasteiger partial charge in [0.2, 0.25) is 15.0 Å². The zero-order valence-electron chi connectivity index (χ0n) is 11.4. The molecule has 0 spiro atoms. The molecular formula is C13H14ClF2NO4S. The van der Waals surface area contributed by atoms with Gasteiger partial charge in [-0.1, -0.05) is 12.1 Å². The number of hydrogen-bond acceptors (Lipinski definition) is 4. The number of carbonyl (C=O) groups is 1. The highest BCUT2D eigenvalue weighted by Crippen LogP contribution is 2.24. The van der Waals surface area contributed by atoms with Gasteiger partial charge in [-0.25, -0.2) is 8.42 Å². The number of likely N-dealkylation sites (tertiary alicyclic amines) is 1. The average Bonchev–Trinajstić information content (AvgIpc) is 2.66. The lowest BCUT2D eigenvalue weighted by atomic mass is 10.1. The molecule has 1 aromatic rings. The molecule has 2 rings (SSSR count). The van der Waals surface area contributed by atoms with Crippen LogP contribution in [0, 0.1) is 5.92 Å². The van der Waals surface area contributed by atoms with Crippen molar-refractivity contribution in [1.82, 2.24) is 4.90 Å². The van der Waals surface area contributed by atoms with Gasteiger partial charge in [-0.15, -0.1) is 0 Å². The molecule has 0 bridgehead atoms. The molecule has 122 valence electrons. The molecule has 0 N–H and O–H groups in total. The second-order valence-corrected chi connectivity index (χ2v) is 7.90. The van der Waals surface area contributed by atoms with E-state index in [-0.39, 0.29) is 42.8 Å². The predicted molar refractivity (Wildman–Crippen MR) is 76.2 cm³/mol. The standard InChI is InChI=1S/C13H14ClF2NO4S/c14-22(19,20)8-10-5-12(18)17(7-10)6-9-2-1-3-11(4-9)21-13(15)16/h1-4,10,13H,5-8H2. The zero-order valence-corrected chi connectivity index (χ0v) is 13.0. The van der Waals surface area contributed by atoms with Gasteiger partial charge < -0.3 is 9.64 Å². The van der Waals surface area contributed by atoms with E-state index < -0.39 is 15.7 Å². The van der Waals surface area contributed by atoms with Crippen molar-refractivity contribution >= 4 is 25.6 Å². The molecule has 1 aliphatic rings. The van der Waals surface area contributed by atoms with Gasteiger partial charge in [0.05, 0.1) is 5.75 Å². The molecule has 0 aromatic heterocycles. The Balaban J connectivity index is 2.00. The Kier molecular flexibility index (Phi) is 5.23. The fourth-order valence-electron chi connectivity index (χ4n) is 2.44. The molecule has 1 aromatic carbocycles. The van der Waals surface area contributed by atoms with Crippen LogP contribution >= 0.6 is 10.7 Å². The Morgan fingerprint density at radius 1 is 1.41 bits per heavy atom. The quantitative estimate of drug-likeness (QED) is 0.735. The molecule has 0 radical (unpaired) electrons. The molecule has 5 nitrogen and oxygen atoms in total. The van der Waals surface area contributed by atoms with Crippen LogP contribution in [0.1, 0.15) is 12.0 Å². The summed E-state index contributed by atoms with van der Waals surface area (Å²) in [5.41, 5.74) is 0.626. The van der Waals surface area contributed by atoms with Crippen LogP contribution in [0.15, 0.2) is 24.3 Å². The van der Waals surface area contributed by atoms with Crippen molar-refractivity contribution in [2.45, 2.75) is 19.6 Å². The fourth-order valence-corrected chi connectivity index (χ4v) is 3.76. The maximum atomic E-state index is 12.2. The third-order valence-corrected chi connectivity index (χ3v) is 4.47. The van der Waals surface area contributed by atoms with Crippen molar-refractivity contribution in [3.05, 3.63) is 29.8 Å². The first kappa shape index (κ1) is 17.0. The molecule has 1 fully saturated rings. The second-order valence-electron chi connectivity index (χ2n) is 5.08. The van der Waals surface area contributed by atoms with Crippen LogP contribution in [0.25, 0.3) is 0 Å². The van der Waals surface area contributed by atoms with E-state index in [4.69, 9.17) is 10.7 Å².